The molecule has 21 heavy (non-hydrogen) atoms. The van der Waals surface area contributed by atoms with Crippen LogP contribution in [0.15, 0.2) is 42.5 Å². The van der Waals surface area contributed by atoms with Crippen LogP contribution in [0.4, 0.5) is 27.6 Å². The normalized spacial score (nSPS) is 11.3. The van der Waals surface area contributed by atoms with Crippen molar-refractivity contribution in [2.75, 3.05) is 5.32 Å². The van der Waals surface area contributed by atoms with Gasteiger partial charge in [-0.2, -0.15) is 0 Å². The first kappa shape index (κ1) is 15.1. The summed E-state index contributed by atoms with van der Waals surface area (Å²) in [6.07, 6.45) is -4.80. The Morgan fingerprint density at radius 3 is 2.19 bits per heavy atom. The van der Waals surface area contributed by atoms with E-state index in [0.29, 0.717) is 0 Å². The largest absolute Gasteiger partial charge is 0.573 e. The zero-order valence-electron chi connectivity index (χ0n) is 10.5. The standard InChI is InChI=1S/C14H10F5NO/c15-12-5-2-6-13(16)11(12)8-20-9-3-1-4-10(7-9)21-14(17,18)19/h1-7,20H,8H2. The molecule has 2 aromatic rings. The topological polar surface area (TPSA) is 21.3 Å². The van der Waals surface area contributed by atoms with E-state index in [9.17, 15) is 22.0 Å². The van der Waals surface area contributed by atoms with Crippen LogP contribution >= 0.6 is 0 Å². The molecular weight excluding hydrogens is 293 g/mol. The summed E-state index contributed by atoms with van der Waals surface area (Å²) < 4.78 is 66.8. The van der Waals surface area contributed by atoms with E-state index in [1.807, 2.05) is 0 Å². The summed E-state index contributed by atoms with van der Waals surface area (Å²) in [5, 5.41) is 2.64. The van der Waals surface area contributed by atoms with Crippen LogP contribution in [0, 0.1) is 11.6 Å². The van der Waals surface area contributed by atoms with Crippen LogP contribution in [0.5, 0.6) is 5.75 Å². The Morgan fingerprint density at radius 1 is 0.952 bits per heavy atom. The molecule has 0 fully saturated rings. The summed E-state index contributed by atoms with van der Waals surface area (Å²) >= 11 is 0. The predicted molar refractivity (Wildman–Crippen MR) is 66.8 cm³/mol. The van der Waals surface area contributed by atoms with Gasteiger partial charge in [-0.15, -0.1) is 13.2 Å². The number of alkyl halides is 3. The van der Waals surface area contributed by atoms with Crippen molar-refractivity contribution in [3.63, 3.8) is 0 Å². The molecule has 0 aliphatic rings. The molecule has 0 saturated heterocycles. The number of halogens is 5. The molecule has 2 rings (SSSR count). The fourth-order valence-electron chi connectivity index (χ4n) is 1.69. The van der Waals surface area contributed by atoms with Gasteiger partial charge in [0.15, 0.2) is 0 Å². The monoisotopic (exact) mass is 303 g/mol. The van der Waals surface area contributed by atoms with Crippen molar-refractivity contribution in [2.45, 2.75) is 12.9 Å². The fraction of sp³-hybridized carbons (Fsp3) is 0.143. The Labute approximate surface area is 117 Å². The van der Waals surface area contributed by atoms with Gasteiger partial charge in [0.2, 0.25) is 0 Å². The van der Waals surface area contributed by atoms with Crippen molar-refractivity contribution in [1.29, 1.82) is 0 Å². The van der Waals surface area contributed by atoms with Crippen molar-refractivity contribution in [3.05, 3.63) is 59.7 Å². The highest BCUT2D eigenvalue weighted by molar-refractivity contribution is 5.48. The third kappa shape index (κ3) is 4.34. The average Bonchev–Trinajstić information content (AvgIpc) is 2.36. The Morgan fingerprint density at radius 2 is 1.57 bits per heavy atom. The van der Waals surface area contributed by atoms with Crippen LogP contribution in [0.3, 0.4) is 0 Å². The van der Waals surface area contributed by atoms with Gasteiger partial charge in [0.1, 0.15) is 17.4 Å². The number of anilines is 1. The molecule has 0 heterocycles. The number of hydrogen-bond acceptors (Lipinski definition) is 2. The number of ether oxygens (including phenoxy) is 1. The summed E-state index contributed by atoms with van der Waals surface area (Å²) in [6, 6.07) is 8.44. The molecule has 1 N–H and O–H groups in total. The highest BCUT2D eigenvalue weighted by Gasteiger charge is 2.31. The van der Waals surface area contributed by atoms with Crippen LogP contribution in [0.25, 0.3) is 0 Å². The quantitative estimate of drug-likeness (QED) is 0.841. The van der Waals surface area contributed by atoms with Gasteiger partial charge in [-0.25, -0.2) is 8.78 Å². The maximum atomic E-state index is 13.4. The van der Waals surface area contributed by atoms with Gasteiger partial charge in [0.25, 0.3) is 0 Å². The van der Waals surface area contributed by atoms with E-state index in [2.05, 4.69) is 10.1 Å². The highest BCUT2D eigenvalue weighted by Crippen LogP contribution is 2.25. The molecule has 0 radical (unpaired) electrons. The molecular formula is C14H10F5NO. The summed E-state index contributed by atoms with van der Waals surface area (Å²) in [6.45, 7) is -0.200. The molecule has 0 aliphatic carbocycles. The molecule has 0 aromatic heterocycles. The molecule has 112 valence electrons. The first-order valence-electron chi connectivity index (χ1n) is 5.88. The number of nitrogens with one attached hydrogen (secondary N) is 1. The second-order valence-corrected chi connectivity index (χ2v) is 4.13. The van der Waals surface area contributed by atoms with Crippen molar-refractivity contribution in [1.82, 2.24) is 0 Å². The first-order valence-corrected chi connectivity index (χ1v) is 5.88. The van der Waals surface area contributed by atoms with Gasteiger partial charge >= 0.3 is 6.36 Å². The molecule has 0 amide bonds. The van der Waals surface area contributed by atoms with Gasteiger partial charge in [-0.05, 0) is 24.3 Å². The lowest BCUT2D eigenvalue weighted by Crippen LogP contribution is -2.17. The minimum atomic E-state index is -4.80. The van der Waals surface area contributed by atoms with E-state index >= 15 is 0 Å². The molecule has 0 atom stereocenters. The van der Waals surface area contributed by atoms with Gasteiger partial charge < -0.3 is 10.1 Å². The first-order chi connectivity index (χ1) is 9.85. The maximum absolute atomic E-state index is 13.4. The molecule has 0 spiro atoms. The maximum Gasteiger partial charge on any atom is 0.573 e. The van der Waals surface area contributed by atoms with Gasteiger partial charge in [-0.3, -0.25) is 0 Å². The summed E-state index contributed by atoms with van der Waals surface area (Å²) in [4.78, 5) is 0. The summed E-state index contributed by atoms with van der Waals surface area (Å²) in [7, 11) is 0. The average molecular weight is 303 g/mol. The number of hydrogen-bond donors (Lipinski definition) is 1. The van der Waals surface area contributed by atoms with Crippen LogP contribution in [-0.2, 0) is 6.54 Å². The molecule has 2 aromatic carbocycles. The molecule has 0 unspecified atom stereocenters. The SMILES string of the molecule is Fc1cccc(F)c1CNc1cccc(OC(F)(F)F)c1. The van der Waals surface area contributed by atoms with Crippen molar-refractivity contribution in [2.24, 2.45) is 0 Å². The lowest BCUT2D eigenvalue weighted by atomic mass is 10.2. The van der Waals surface area contributed by atoms with E-state index in [1.165, 1.54) is 18.2 Å². The molecule has 2 nitrogen and oxygen atoms in total. The fourth-order valence-corrected chi connectivity index (χ4v) is 1.69. The van der Waals surface area contributed by atoms with Crippen molar-refractivity contribution >= 4 is 5.69 Å². The van der Waals surface area contributed by atoms with E-state index in [0.717, 1.165) is 24.3 Å². The van der Waals surface area contributed by atoms with Crippen LogP contribution < -0.4 is 10.1 Å². The van der Waals surface area contributed by atoms with Crippen molar-refractivity contribution < 1.29 is 26.7 Å². The zero-order valence-corrected chi connectivity index (χ0v) is 10.5. The van der Waals surface area contributed by atoms with E-state index < -0.39 is 23.7 Å². The second kappa shape index (κ2) is 5.99. The predicted octanol–water partition coefficient (Wildman–Crippen LogP) is 4.48. The molecule has 0 bridgehead atoms. The van der Waals surface area contributed by atoms with Crippen LogP contribution in [-0.4, -0.2) is 6.36 Å². The lowest BCUT2D eigenvalue weighted by molar-refractivity contribution is -0.274. The highest BCUT2D eigenvalue weighted by atomic mass is 19.4. The summed E-state index contributed by atoms with van der Waals surface area (Å²) in [5.41, 5.74) is 0.0547. The Hall–Kier alpha value is -2.31. The number of benzene rings is 2. The summed E-state index contributed by atoms with van der Waals surface area (Å²) in [5.74, 6) is -1.88. The molecule has 0 saturated carbocycles. The lowest BCUT2D eigenvalue weighted by Gasteiger charge is -2.12. The third-order valence-electron chi connectivity index (χ3n) is 2.60. The Bertz CT molecular complexity index is 607. The number of rotatable bonds is 4. The van der Waals surface area contributed by atoms with E-state index in [4.69, 9.17) is 0 Å². The van der Waals surface area contributed by atoms with Gasteiger partial charge in [0, 0.05) is 23.9 Å². The van der Waals surface area contributed by atoms with Gasteiger partial charge in [0.05, 0.1) is 0 Å². The van der Waals surface area contributed by atoms with E-state index in [-0.39, 0.29) is 17.8 Å². The van der Waals surface area contributed by atoms with E-state index in [1.54, 1.807) is 0 Å². The van der Waals surface area contributed by atoms with Crippen molar-refractivity contribution in [3.8, 4) is 5.75 Å². The Balaban J connectivity index is 2.09. The zero-order chi connectivity index (χ0) is 15.5. The minimum absolute atomic E-state index is 0.195. The molecule has 7 heteroatoms. The smallest absolute Gasteiger partial charge is 0.406 e. The Kier molecular flexibility index (Phi) is 4.30. The third-order valence-corrected chi connectivity index (χ3v) is 2.60. The minimum Gasteiger partial charge on any atom is -0.406 e. The van der Waals surface area contributed by atoms with Crippen LogP contribution in [0.2, 0.25) is 0 Å². The van der Waals surface area contributed by atoms with Crippen LogP contribution in [0.1, 0.15) is 5.56 Å². The second-order valence-electron chi connectivity index (χ2n) is 4.13. The molecule has 0 aliphatic heterocycles. The van der Waals surface area contributed by atoms with Gasteiger partial charge in [-0.1, -0.05) is 12.1 Å².